The Morgan fingerprint density at radius 1 is 1.19 bits per heavy atom. The smallest absolute Gasteiger partial charge is 0.245 e. The first-order valence-electron chi connectivity index (χ1n) is 13.2. The highest BCUT2D eigenvalue weighted by molar-refractivity contribution is 5.95. The number of unbranched alkanes of at least 4 members (excludes halogenated alkanes) is 5. The summed E-state index contributed by atoms with van der Waals surface area (Å²) in [7, 11) is 0. The second-order valence-electron chi connectivity index (χ2n) is 9.40. The van der Waals surface area contributed by atoms with Crippen molar-refractivity contribution in [2.24, 2.45) is 0 Å². The molecule has 10 heteroatoms. The van der Waals surface area contributed by atoms with Gasteiger partial charge in [-0.25, -0.2) is 0 Å². The summed E-state index contributed by atoms with van der Waals surface area (Å²) in [6.45, 7) is 5.40. The summed E-state index contributed by atoms with van der Waals surface area (Å²) in [4.78, 5) is 49.7. The van der Waals surface area contributed by atoms with E-state index >= 15 is 0 Å². The lowest BCUT2D eigenvalue weighted by molar-refractivity contribution is -0.134. The van der Waals surface area contributed by atoms with E-state index in [1.807, 2.05) is 6.08 Å². The van der Waals surface area contributed by atoms with Crippen molar-refractivity contribution < 1.29 is 29.4 Å². The van der Waals surface area contributed by atoms with Crippen LogP contribution in [0.3, 0.4) is 0 Å². The SMILES string of the molecule is CCCCCCC/C=C/C=C/C(=O)NC(C(=O)N[C@H]1C[C@@H](O)CCNC(=O)/C=C/[C@H](C)NC1=O)C(C)O. The van der Waals surface area contributed by atoms with Crippen LogP contribution < -0.4 is 21.3 Å². The van der Waals surface area contributed by atoms with Gasteiger partial charge in [0.25, 0.3) is 0 Å². The lowest BCUT2D eigenvalue weighted by Gasteiger charge is -2.26. The summed E-state index contributed by atoms with van der Waals surface area (Å²) >= 11 is 0. The van der Waals surface area contributed by atoms with E-state index in [1.165, 1.54) is 50.8 Å². The minimum absolute atomic E-state index is 0.104. The first kappa shape index (κ1) is 32.0. The molecule has 0 aromatic rings. The second kappa shape index (κ2) is 18.3. The summed E-state index contributed by atoms with van der Waals surface area (Å²) in [6, 6.07) is -2.92. The van der Waals surface area contributed by atoms with Crippen LogP contribution in [-0.2, 0) is 19.2 Å². The molecule has 2 unspecified atom stereocenters. The third-order valence-electron chi connectivity index (χ3n) is 5.86. The molecule has 0 spiro atoms. The largest absolute Gasteiger partial charge is 0.393 e. The predicted octanol–water partition coefficient (Wildman–Crippen LogP) is 1.14. The van der Waals surface area contributed by atoms with Gasteiger partial charge >= 0.3 is 0 Å². The van der Waals surface area contributed by atoms with Crippen LogP contribution in [-0.4, -0.2) is 70.7 Å². The topological polar surface area (TPSA) is 157 Å². The predicted molar refractivity (Wildman–Crippen MR) is 142 cm³/mol. The number of amides is 4. The van der Waals surface area contributed by atoms with E-state index in [0.717, 1.165) is 12.8 Å². The molecule has 0 fully saturated rings. The molecule has 1 aliphatic heterocycles. The Kier molecular flexibility index (Phi) is 15.8. The summed E-state index contributed by atoms with van der Waals surface area (Å²) in [5.74, 6) is -2.20. The fourth-order valence-electron chi connectivity index (χ4n) is 3.70. The molecule has 0 bridgehead atoms. The van der Waals surface area contributed by atoms with Gasteiger partial charge in [-0.1, -0.05) is 56.9 Å². The number of carbonyl (C=O) groups excluding carboxylic acids is 4. The molecule has 6 N–H and O–H groups in total. The van der Waals surface area contributed by atoms with Gasteiger partial charge in [0.2, 0.25) is 23.6 Å². The van der Waals surface area contributed by atoms with Gasteiger partial charge in [-0.05, 0) is 33.1 Å². The zero-order chi connectivity index (χ0) is 27.6. The molecule has 0 saturated carbocycles. The van der Waals surface area contributed by atoms with Crippen LogP contribution in [0.4, 0.5) is 0 Å². The fourth-order valence-corrected chi connectivity index (χ4v) is 3.70. The number of nitrogens with one attached hydrogen (secondary N) is 4. The first-order valence-corrected chi connectivity index (χ1v) is 13.2. The molecule has 10 nitrogen and oxygen atoms in total. The van der Waals surface area contributed by atoms with E-state index in [2.05, 4.69) is 28.2 Å². The summed E-state index contributed by atoms with van der Waals surface area (Å²) in [5.41, 5.74) is 0. The Bertz CT molecular complexity index is 824. The number of aliphatic hydroxyl groups is 2. The van der Waals surface area contributed by atoms with Gasteiger partial charge in [0.15, 0.2) is 0 Å². The lowest BCUT2D eigenvalue weighted by atomic mass is 10.0. The molecule has 0 aromatic heterocycles. The maximum atomic E-state index is 12.9. The number of allylic oxidation sites excluding steroid dienone is 3. The lowest BCUT2D eigenvalue weighted by Crippen LogP contribution is -2.58. The quantitative estimate of drug-likeness (QED) is 0.129. The molecule has 0 radical (unpaired) electrons. The third-order valence-corrected chi connectivity index (χ3v) is 5.86. The summed E-state index contributed by atoms with van der Waals surface area (Å²) in [5, 5.41) is 30.7. The minimum atomic E-state index is -1.30. The van der Waals surface area contributed by atoms with Gasteiger partial charge in [0.05, 0.1) is 12.2 Å². The number of hydrogen-bond acceptors (Lipinski definition) is 6. The van der Waals surface area contributed by atoms with E-state index in [1.54, 1.807) is 19.1 Å². The van der Waals surface area contributed by atoms with E-state index in [9.17, 15) is 29.4 Å². The molecule has 208 valence electrons. The van der Waals surface area contributed by atoms with Crippen molar-refractivity contribution in [3.63, 3.8) is 0 Å². The van der Waals surface area contributed by atoms with Crippen LogP contribution in [0.15, 0.2) is 36.5 Å². The number of hydrogen-bond donors (Lipinski definition) is 6. The van der Waals surface area contributed by atoms with E-state index in [4.69, 9.17) is 0 Å². The van der Waals surface area contributed by atoms with Crippen LogP contribution >= 0.6 is 0 Å². The Morgan fingerprint density at radius 3 is 2.62 bits per heavy atom. The van der Waals surface area contributed by atoms with Gasteiger partial charge in [-0.3, -0.25) is 19.2 Å². The van der Waals surface area contributed by atoms with Gasteiger partial charge in [0, 0.05) is 31.2 Å². The Balaban J connectivity index is 2.73. The van der Waals surface area contributed by atoms with Gasteiger partial charge < -0.3 is 31.5 Å². The van der Waals surface area contributed by atoms with Crippen LogP contribution in [0.1, 0.15) is 72.1 Å². The van der Waals surface area contributed by atoms with Crippen molar-refractivity contribution in [2.45, 2.75) is 102 Å². The second-order valence-corrected chi connectivity index (χ2v) is 9.40. The van der Waals surface area contributed by atoms with E-state index < -0.39 is 48.1 Å². The number of aliphatic hydroxyl groups excluding tert-OH is 2. The average molecular weight is 521 g/mol. The normalized spacial score (nSPS) is 23.9. The average Bonchev–Trinajstić information content (AvgIpc) is 2.83. The van der Waals surface area contributed by atoms with Gasteiger partial charge in [-0.2, -0.15) is 0 Å². The standard InChI is InChI=1S/C27H44N4O6/c1-4-5-6-7-8-9-10-11-12-13-24(35)31-25(20(3)32)27(37)30-22-18-21(33)16-17-28-23(34)15-14-19(2)29-26(22)36/h10-15,19-22,25,32-33H,4-9,16-18H2,1-3H3,(H,28,34)(H,29,36)(H,30,37)(H,31,35)/b11-10+,13-12+,15-14+/t19-,20?,21-,22-,25?/m0/s1. The highest BCUT2D eigenvalue weighted by Gasteiger charge is 2.31. The van der Waals surface area contributed by atoms with Crippen molar-refractivity contribution in [3.8, 4) is 0 Å². The maximum absolute atomic E-state index is 12.9. The monoisotopic (exact) mass is 520 g/mol. The molecule has 1 rings (SSSR count). The first-order chi connectivity index (χ1) is 17.6. The molecule has 5 atom stereocenters. The Morgan fingerprint density at radius 2 is 1.92 bits per heavy atom. The summed E-state index contributed by atoms with van der Waals surface area (Å²) in [6.07, 6.45) is 14.1. The minimum Gasteiger partial charge on any atom is -0.393 e. The van der Waals surface area contributed by atoms with Crippen LogP contribution in [0.25, 0.3) is 0 Å². The fraction of sp³-hybridized carbons (Fsp3) is 0.630. The number of rotatable bonds is 12. The van der Waals surface area contributed by atoms with Crippen LogP contribution in [0.5, 0.6) is 0 Å². The Labute approximate surface area is 220 Å². The molecule has 1 aliphatic rings. The zero-order valence-corrected chi connectivity index (χ0v) is 22.2. The highest BCUT2D eigenvalue weighted by Crippen LogP contribution is 2.07. The Hall–Kier alpha value is -2.98. The van der Waals surface area contributed by atoms with E-state index in [-0.39, 0.29) is 25.3 Å². The molecule has 37 heavy (non-hydrogen) atoms. The third kappa shape index (κ3) is 14.4. The molecule has 0 saturated heterocycles. The van der Waals surface area contributed by atoms with Crippen molar-refractivity contribution in [1.82, 2.24) is 21.3 Å². The van der Waals surface area contributed by atoms with Crippen LogP contribution in [0.2, 0.25) is 0 Å². The van der Waals surface area contributed by atoms with Gasteiger partial charge in [0.1, 0.15) is 12.1 Å². The van der Waals surface area contributed by atoms with Crippen molar-refractivity contribution >= 4 is 23.6 Å². The molecule has 1 heterocycles. The van der Waals surface area contributed by atoms with Gasteiger partial charge in [-0.15, -0.1) is 0 Å². The van der Waals surface area contributed by atoms with E-state index in [0.29, 0.717) is 0 Å². The molecule has 4 amide bonds. The number of carbonyl (C=O) groups is 4. The van der Waals surface area contributed by atoms with Crippen LogP contribution in [0, 0.1) is 0 Å². The molecular weight excluding hydrogens is 476 g/mol. The highest BCUT2D eigenvalue weighted by atomic mass is 16.3. The van der Waals surface area contributed by atoms with Crippen molar-refractivity contribution in [1.29, 1.82) is 0 Å². The maximum Gasteiger partial charge on any atom is 0.245 e. The summed E-state index contributed by atoms with van der Waals surface area (Å²) < 4.78 is 0. The molecular formula is C27H44N4O6. The van der Waals surface area contributed by atoms with Crippen molar-refractivity contribution in [3.05, 3.63) is 36.5 Å². The van der Waals surface area contributed by atoms with Crippen molar-refractivity contribution in [2.75, 3.05) is 6.54 Å². The zero-order valence-electron chi connectivity index (χ0n) is 22.2. The molecule has 0 aromatic carbocycles. The molecule has 0 aliphatic carbocycles.